The fraction of sp³-hybridized carbons (Fsp3) is 0.923. The molecule has 2 heterocycles. The van der Waals surface area contributed by atoms with Crippen molar-refractivity contribution in [3.63, 3.8) is 0 Å². The maximum absolute atomic E-state index is 12.4. The van der Waals surface area contributed by atoms with E-state index in [0.717, 1.165) is 13.1 Å². The van der Waals surface area contributed by atoms with Gasteiger partial charge in [-0.05, 0) is 39.3 Å². The molecule has 0 aromatic heterocycles. The SMILES string of the molecule is CN(CC1CCCN1C)C(=O)C1(N)CCOCC1. The summed E-state index contributed by atoms with van der Waals surface area (Å²) in [7, 11) is 4.00. The third-order valence-electron chi connectivity index (χ3n) is 4.31. The minimum Gasteiger partial charge on any atom is -0.381 e. The summed E-state index contributed by atoms with van der Waals surface area (Å²) in [6.45, 7) is 3.11. The van der Waals surface area contributed by atoms with E-state index in [1.807, 2.05) is 11.9 Å². The summed E-state index contributed by atoms with van der Waals surface area (Å²) < 4.78 is 5.29. The Hall–Kier alpha value is -0.650. The molecule has 2 N–H and O–H groups in total. The highest BCUT2D eigenvalue weighted by molar-refractivity contribution is 5.86. The monoisotopic (exact) mass is 255 g/mol. The highest BCUT2D eigenvalue weighted by Gasteiger charge is 2.38. The first-order valence-corrected chi connectivity index (χ1v) is 6.85. The average molecular weight is 255 g/mol. The van der Waals surface area contributed by atoms with Crippen LogP contribution in [0.3, 0.4) is 0 Å². The molecule has 0 radical (unpaired) electrons. The molecule has 18 heavy (non-hydrogen) atoms. The normalized spacial score (nSPS) is 28.3. The highest BCUT2D eigenvalue weighted by Crippen LogP contribution is 2.22. The molecule has 0 aromatic carbocycles. The van der Waals surface area contributed by atoms with Crippen molar-refractivity contribution in [1.82, 2.24) is 9.80 Å². The molecule has 2 fully saturated rings. The fourth-order valence-corrected chi connectivity index (χ4v) is 2.94. The van der Waals surface area contributed by atoms with Crippen LogP contribution in [0.5, 0.6) is 0 Å². The lowest BCUT2D eigenvalue weighted by molar-refractivity contribution is -0.139. The van der Waals surface area contributed by atoms with Gasteiger partial charge in [-0.15, -0.1) is 0 Å². The van der Waals surface area contributed by atoms with Crippen LogP contribution in [0.2, 0.25) is 0 Å². The summed E-state index contributed by atoms with van der Waals surface area (Å²) >= 11 is 0. The number of likely N-dealkylation sites (N-methyl/N-ethyl adjacent to an activating group) is 2. The zero-order valence-electron chi connectivity index (χ0n) is 11.5. The van der Waals surface area contributed by atoms with E-state index in [1.165, 1.54) is 12.8 Å². The van der Waals surface area contributed by atoms with Crippen LogP contribution in [0.15, 0.2) is 0 Å². The van der Waals surface area contributed by atoms with Gasteiger partial charge in [0.1, 0.15) is 0 Å². The largest absolute Gasteiger partial charge is 0.381 e. The van der Waals surface area contributed by atoms with Gasteiger partial charge >= 0.3 is 0 Å². The minimum absolute atomic E-state index is 0.0751. The van der Waals surface area contributed by atoms with Gasteiger partial charge in [0, 0.05) is 32.8 Å². The molecule has 2 aliphatic rings. The molecule has 1 atom stereocenters. The predicted molar refractivity (Wildman–Crippen MR) is 70.3 cm³/mol. The first kappa shape index (κ1) is 13.8. The molecule has 0 saturated carbocycles. The summed E-state index contributed by atoms with van der Waals surface area (Å²) in [5.74, 6) is 0.0751. The van der Waals surface area contributed by atoms with Crippen molar-refractivity contribution < 1.29 is 9.53 Å². The molecule has 104 valence electrons. The van der Waals surface area contributed by atoms with Crippen molar-refractivity contribution in [3.8, 4) is 0 Å². The van der Waals surface area contributed by atoms with E-state index in [2.05, 4.69) is 11.9 Å². The van der Waals surface area contributed by atoms with Crippen molar-refractivity contribution in [2.45, 2.75) is 37.3 Å². The lowest BCUT2D eigenvalue weighted by Crippen LogP contribution is -2.58. The van der Waals surface area contributed by atoms with Gasteiger partial charge in [-0.1, -0.05) is 0 Å². The Kier molecular flexibility index (Phi) is 4.25. The van der Waals surface area contributed by atoms with Gasteiger partial charge in [0.2, 0.25) is 5.91 Å². The quantitative estimate of drug-likeness (QED) is 0.774. The van der Waals surface area contributed by atoms with Crippen LogP contribution < -0.4 is 5.73 Å². The first-order valence-electron chi connectivity index (χ1n) is 6.85. The smallest absolute Gasteiger partial charge is 0.242 e. The maximum Gasteiger partial charge on any atom is 0.242 e. The van der Waals surface area contributed by atoms with Crippen LogP contribution >= 0.6 is 0 Å². The molecular formula is C13H25N3O2. The molecule has 2 saturated heterocycles. The van der Waals surface area contributed by atoms with Crippen LogP contribution in [-0.2, 0) is 9.53 Å². The van der Waals surface area contributed by atoms with Crippen LogP contribution in [0, 0.1) is 0 Å². The lowest BCUT2D eigenvalue weighted by Gasteiger charge is -2.36. The van der Waals surface area contributed by atoms with Crippen molar-refractivity contribution in [1.29, 1.82) is 0 Å². The lowest BCUT2D eigenvalue weighted by atomic mass is 9.89. The van der Waals surface area contributed by atoms with E-state index in [-0.39, 0.29) is 5.91 Å². The van der Waals surface area contributed by atoms with Crippen LogP contribution in [0.25, 0.3) is 0 Å². The number of carbonyl (C=O) groups excluding carboxylic acids is 1. The third kappa shape index (κ3) is 2.84. The zero-order chi connectivity index (χ0) is 13.2. The molecule has 0 spiro atoms. The number of nitrogens with zero attached hydrogens (tertiary/aromatic N) is 2. The van der Waals surface area contributed by atoms with E-state index >= 15 is 0 Å². The summed E-state index contributed by atoms with van der Waals surface area (Å²) in [4.78, 5) is 16.6. The molecular weight excluding hydrogens is 230 g/mol. The Labute approximate surface area is 109 Å². The number of amides is 1. The van der Waals surface area contributed by atoms with Crippen molar-refractivity contribution in [3.05, 3.63) is 0 Å². The molecule has 0 bridgehead atoms. The standard InChI is InChI=1S/C13H25N3O2/c1-15-7-3-4-11(15)10-16(2)12(17)13(14)5-8-18-9-6-13/h11H,3-10,14H2,1-2H3. The van der Waals surface area contributed by atoms with Gasteiger partial charge in [-0.3, -0.25) is 4.79 Å². The number of hydrogen-bond donors (Lipinski definition) is 1. The Bertz CT molecular complexity index is 303. The van der Waals surface area contributed by atoms with Crippen LogP contribution in [-0.4, -0.2) is 67.7 Å². The topological polar surface area (TPSA) is 58.8 Å². The Balaban J connectivity index is 1.91. The van der Waals surface area contributed by atoms with Gasteiger partial charge in [0.25, 0.3) is 0 Å². The molecule has 0 aromatic rings. The van der Waals surface area contributed by atoms with E-state index in [4.69, 9.17) is 10.5 Å². The van der Waals surface area contributed by atoms with E-state index in [0.29, 0.717) is 32.1 Å². The number of nitrogens with two attached hydrogens (primary N) is 1. The highest BCUT2D eigenvalue weighted by atomic mass is 16.5. The molecule has 5 nitrogen and oxygen atoms in total. The van der Waals surface area contributed by atoms with Gasteiger partial charge in [-0.25, -0.2) is 0 Å². The summed E-state index contributed by atoms with van der Waals surface area (Å²) in [5.41, 5.74) is 5.52. The van der Waals surface area contributed by atoms with Crippen LogP contribution in [0.1, 0.15) is 25.7 Å². The van der Waals surface area contributed by atoms with E-state index < -0.39 is 5.54 Å². The molecule has 2 aliphatic heterocycles. The Morgan fingerprint density at radius 1 is 1.50 bits per heavy atom. The van der Waals surface area contributed by atoms with Crippen molar-refractivity contribution >= 4 is 5.91 Å². The number of hydrogen-bond acceptors (Lipinski definition) is 4. The summed E-state index contributed by atoms with van der Waals surface area (Å²) in [5, 5.41) is 0. The van der Waals surface area contributed by atoms with Gasteiger partial charge in [0.05, 0.1) is 5.54 Å². The number of ether oxygens (including phenoxy) is 1. The molecule has 1 amide bonds. The van der Waals surface area contributed by atoms with Crippen molar-refractivity contribution in [2.24, 2.45) is 5.73 Å². The summed E-state index contributed by atoms with van der Waals surface area (Å²) in [6, 6.07) is 0.488. The second kappa shape index (κ2) is 5.55. The minimum atomic E-state index is -0.704. The van der Waals surface area contributed by atoms with Crippen LogP contribution in [0.4, 0.5) is 0 Å². The second-order valence-corrected chi connectivity index (χ2v) is 5.73. The third-order valence-corrected chi connectivity index (χ3v) is 4.31. The predicted octanol–water partition coefficient (Wildman–Crippen LogP) is 0.0469. The summed E-state index contributed by atoms with van der Waals surface area (Å²) in [6.07, 6.45) is 3.67. The number of carbonyl (C=O) groups is 1. The molecule has 1 unspecified atom stereocenters. The van der Waals surface area contributed by atoms with E-state index in [9.17, 15) is 4.79 Å². The van der Waals surface area contributed by atoms with Crippen molar-refractivity contribution in [2.75, 3.05) is 40.4 Å². The zero-order valence-corrected chi connectivity index (χ0v) is 11.5. The Morgan fingerprint density at radius 3 is 2.72 bits per heavy atom. The average Bonchev–Trinajstić information content (AvgIpc) is 2.75. The van der Waals surface area contributed by atoms with Gasteiger partial charge < -0.3 is 20.3 Å². The molecule has 5 heteroatoms. The van der Waals surface area contributed by atoms with Gasteiger partial charge in [-0.2, -0.15) is 0 Å². The number of likely N-dealkylation sites (tertiary alicyclic amines) is 1. The molecule has 0 aliphatic carbocycles. The molecule has 2 rings (SSSR count). The fourth-order valence-electron chi connectivity index (χ4n) is 2.94. The van der Waals surface area contributed by atoms with E-state index in [1.54, 1.807) is 0 Å². The second-order valence-electron chi connectivity index (χ2n) is 5.73. The maximum atomic E-state index is 12.4. The number of rotatable bonds is 3. The first-order chi connectivity index (χ1) is 8.53. The Morgan fingerprint density at radius 2 is 2.17 bits per heavy atom. The van der Waals surface area contributed by atoms with Gasteiger partial charge in [0.15, 0.2) is 0 Å².